The van der Waals surface area contributed by atoms with Crippen molar-refractivity contribution >= 4 is 33.1 Å². The van der Waals surface area contributed by atoms with Gasteiger partial charge in [-0.1, -0.05) is 29.8 Å². The number of aromatic nitrogens is 1. The van der Waals surface area contributed by atoms with Crippen molar-refractivity contribution in [2.24, 2.45) is 0 Å². The quantitative estimate of drug-likeness (QED) is 0.617. The molecule has 0 saturated heterocycles. The number of halogens is 1. The highest BCUT2D eigenvalue weighted by Crippen LogP contribution is 2.22. The predicted octanol–water partition coefficient (Wildman–Crippen LogP) is 4.03. The molecule has 0 fully saturated rings. The van der Waals surface area contributed by atoms with Crippen LogP contribution in [0.2, 0.25) is 5.02 Å². The minimum Gasteiger partial charge on any atom is -0.292 e. The highest BCUT2D eigenvalue weighted by Gasteiger charge is 2.24. The molecule has 3 aromatic rings. The largest absolute Gasteiger partial charge is 0.292 e. The van der Waals surface area contributed by atoms with Gasteiger partial charge in [0.05, 0.1) is 16.7 Å². The van der Waals surface area contributed by atoms with E-state index in [1.807, 2.05) is 6.07 Å². The van der Waals surface area contributed by atoms with Gasteiger partial charge < -0.3 is 0 Å². The van der Waals surface area contributed by atoms with Gasteiger partial charge in [-0.3, -0.25) is 14.5 Å². The number of nitriles is 1. The highest BCUT2D eigenvalue weighted by molar-refractivity contribution is 7.92. The van der Waals surface area contributed by atoms with Crippen molar-refractivity contribution in [1.82, 2.24) is 4.98 Å². The topological polar surface area (TPSA) is 99.9 Å². The van der Waals surface area contributed by atoms with Crippen LogP contribution in [0.3, 0.4) is 0 Å². The minimum atomic E-state index is -3.92. The fraction of sp³-hybridized carbons (Fsp3) is 0.0500. The van der Waals surface area contributed by atoms with Crippen molar-refractivity contribution < 1.29 is 13.2 Å². The van der Waals surface area contributed by atoms with E-state index < -0.39 is 21.7 Å². The van der Waals surface area contributed by atoms with Gasteiger partial charge in [-0.05, 0) is 48.5 Å². The molecule has 28 heavy (non-hydrogen) atoms. The molecule has 0 aliphatic carbocycles. The fourth-order valence-corrected chi connectivity index (χ4v) is 3.75. The number of pyridine rings is 1. The number of anilines is 1. The number of carbonyl (C=O) groups is 1. The van der Waals surface area contributed by atoms with E-state index in [4.69, 9.17) is 11.6 Å². The van der Waals surface area contributed by atoms with Crippen molar-refractivity contribution in [3.63, 3.8) is 0 Å². The van der Waals surface area contributed by atoms with Crippen molar-refractivity contribution in [3.05, 3.63) is 89.2 Å². The number of hydrogen-bond donors (Lipinski definition) is 1. The second-order valence-electron chi connectivity index (χ2n) is 5.82. The molecule has 140 valence electrons. The molecule has 1 atom stereocenters. The fourth-order valence-electron chi connectivity index (χ4n) is 2.52. The summed E-state index contributed by atoms with van der Waals surface area (Å²) in [6, 6.07) is 18.6. The molecule has 0 unspecified atom stereocenters. The van der Waals surface area contributed by atoms with Crippen molar-refractivity contribution in [3.8, 4) is 6.07 Å². The number of rotatable bonds is 6. The summed E-state index contributed by atoms with van der Waals surface area (Å²) in [4.78, 5) is 16.7. The van der Waals surface area contributed by atoms with Crippen LogP contribution in [0, 0.1) is 11.3 Å². The maximum absolute atomic E-state index is 12.8. The second kappa shape index (κ2) is 8.21. The molecule has 0 bridgehead atoms. The van der Waals surface area contributed by atoms with Gasteiger partial charge in [0, 0.05) is 22.5 Å². The summed E-state index contributed by atoms with van der Waals surface area (Å²) in [6.45, 7) is 0. The van der Waals surface area contributed by atoms with Crippen molar-refractivity contribution in [1.29, 1.82) is 5.26 Å². The first-order valence-corrected chi connectivity index (χ1v) is 10.00. The average Bonchev–Trinajstić information content (AvgIpc) is 2.71. The molecule has 3 rings (SSSR count). The smallest absolute Gasteiger partial charge is 0.261 e. The lowest BCUT2D eigenvalue weighted by Crippen LogP contribution is -2.16. The number of sulfonamides is 1. The molecule has 0 aliphatic rings. The first kappa shape index (κ1) is 19.5. The van der Waals surface area contributed by atoms with Gasteiger partial charge in [0.15, 0.2) is 11.7 Å². The van der Waals surface area contributed by atoms with E-state index in [1.54, 1.807) is 30.3 Å². The number of hydrogen-bond acceptors (Lipinski definition) is 5. The van der Waals surface area contributed by atoms with Crippen molar-refractivity contribution in [2.45, 2.75) is 10.8 Å². The summed E-state index contributed by atoms with van der Waals surface area (Å²) in [7, 11) is -3.92. The summed E-state index contributed by atoms with van der Waals surface area (Å²) in [5.74, 6) is -1.65. The van der Waals surface area contributed by atoms with Crippen LogP contribution >= 0.6 is 11.6 Å². The number of nitrogens with zero attached hydrogens (tertiary/aromatic N) is 2. The minimum absolute atomic E-state index is 0.0917. The van der Waals surface area contributed by atoms with E-state index in [0.717, 1.165) is 0 Å². The molecule has 0 aliphatic heterocycles. The molecule has 0 spiro atoms. The Hall–Kier alpha value is -3.21. The monoisotopic (exact) mass is 411 g/mol. The van der Waals surface area contributed by atoms with Crippen LogP contribution in [0.4, 0.5) is 5.69 Å². The summed E-state index contributed by atoms with van der Waals surface area (Å²) < 4.78 is 27.7. The molecule has 1 aromatic heterocycles. The molecule has 8 heteroatoms. The van der Waals surface area contributed by atoms with Crippen LogP contribution in [0.5, 0.6) is 0 Å². The zero-order valence-electron chi connectivity index (χ0n) is 14.4. The van der Waals surface area contributed by atoms with Gasteiger partial charge in [-0.25, -0.2) is 8.42 Å². The third-order valence-corrected chi connectivity index (χ3v) is 5.53. The van der Waals surface area contributed by atoms with Crippen molar-refractivity contribution in [2.75, 3.05) is 4.72 Å². The summed E-state index contributed by atoms with van der Waals surface area (Å²) in [5.41, 5.74) is 0.753. The molecular formula is C20H14ClN3O3S. The Labute approximate surface area is 167 Å². The molecular weight excluding hydrogens is 398 g/mol. The Bertz CT molecular complexity index is 1140. The maximum atomic E-state index is 12.8. The number of ketones is 1. The first-order valence-electron chi connectivity index (χ1n) is 8.14. The molecule has 0 amide bonds. The Balaban J connectivity index is 1.90. The lowest BCUT2D eigenvalue weighted by molar-refractivity contribution is 0.0977. The van der Waals surface area contributed by atoms with Crippen LogP contribution in [0.1, 0.15) is 22.0 Å². The Morgan fingerprint density at radius 3 is 2.46 bits per heavy atom. The zero-order chi connectivity index (χ0) is 20.1. The third kappa shape index (κ3) is 4.36. The van der Waals surface area contributed by atoms with E-state index in [1.165, 1.54) is 42.6 Å². The lowest BCUT2D eigenvalue weighted by atomic mass is 9.95. The third-order valence-electron chi connectivity index (χ3n) is 3.90. The highest BCUT2D eigenvalue weighted by atomic mass is 35.5. The lowest BCUT2D eigenvalue weighted by Gasteiger charge is -2.11. The first-order chi connectivity index (χ1) is 13.4. The van der Waals surface area contributed by atoms with Crippen LogP contribution in [0.15, 0.2) is 77.8 Å². The molecule has 0 saturated carbocycles. The van der Waals surface area contributed by atoms with E-state index in [2.05, 4.69) is 9.71 Å². The number of benzene rings is 2. The zero-order valence-corrected chi connectivity index (χ0v) is 16.0. The van der Waals surface area contributed by atoms with E-state index >= 15 is 0 Å². The van der Waals surface area contributed by atoms with Crippen LogP contribution in [-0.2, 0) is 10.0 Å². The number of nitrogens with one attached hydrogen (secondary N) is 1. The van der Waals surface area contributed by atoms with Crippen LogP contribution in [0.25, 0.3) is 0 Å². The van der Waals surface area contributed by atoms with Crippen LogP contribution in [-0.4, -0.2) is 19.2 Å². The normalized spacial score (nSPS) is 12.0. The predicted molar refractivity (Wildman–Crippen MR) is 106 cm³/mol. The maximum Gasteiger partial charge on any atom is 0.261 e. The van der Waals surface area contributed by atoms with E-state index in [-0.39, 0.29) is 10.5 Å². The summed E-state index contributed by atoms with van der Waals surface area (Å²) in [6.07, 6.45) is 1.49. The summed E-state index contributed by atoms with van der Waals surface area (Å²) in [5, 5.41) is 9.88. The Kier molecular flexibility index (Phi) is 5.73. The van der Waals surface area contributed by atoms with Gasteiger partial charge in [0.25, 0.3) is 10.0 Å². The average molecular weight is 412 g/mol. The van der Waals surface area contributed by atoms with Gasteiger partial charge in [0.2, 0.25) is 0 Å². The molecule has 1 heterocycles. The van der Waals surface area contributed by atoms with Gasteiger partial charge >= 0.3 is 0 Å². The number of Topliss-reactive ketones (excluding diaryl/α,β-unsaturated/α-hetero) is 1. The molecule has 6 nitrogen and oxygen atoms in total. The molecule has 2 aromatic carbocycles. The molecule has 0 radical (unpaired) electrons. The number of carbonyl (C=O) groups excluding carboxylic acids is 1. The summed E-state index contributed by atoms with van der Waals surface area (Å²) >= 11 is 5.80. The Morgan fingerprint density at radius 2 is 1.82 bits per heavy atom. The Morgan fingerprint density at radius 1 is 1.07 bits per heavy atom. The van der Waals surface area contributed by atoms with E-state index in [9.17, 15) is 18.5 Å². The van der Waals surface area contributed by atoms with Gasteiger partial charge in [0.1, 0.15) is 0 Å². The SMILES string of the molecule is N#C[C@H](C(=O)c1cccc(S(=O)(=O)Nc2ccc(Cl)cc2)c1)c1ccccn1. The van der Waals surface area contributed by atoms with Gasteiger partial charge in [-0.2, -0.15) is 5.26 Å². The van der Waals surface area contributed by atoms with Gasteiger partial charge in [-0.15, -0.1) is 0 Å². The second-order valence-corrected chi connectivity index (χ2v) is 7.94. The van der Waals surface area contributed by atoms with Crippen LogP contribution < -0.4 is 4.72 Å². The van der Waals surface area contributed by atoms with E-state index in [0.29, 0.717) is 16.4 Å². The molecule has 1 N–H and O–H groups in total. The standard InChI is InChI=1S/C20H14ClN3O3S/c21-15-7-9-16(10-8-15)24-28(26,27)17-5-3-4-14(12-17)20(25)18(13-22)19-6-1-2-11-23-19/h1-12,18,24H/t18-/m0/s1.